The molecule has 0 amide bonds. The van der Waals surface area contributed by atoms with Gasteiger partial charge in [-0.2, -0.15) is 0 Å². The van der Waals surface area contributed by atoms with E-state index in [1.165, 1.54) is 0 Å². The van der Waals surface area contributed by atoms with Crippen molar-refractivity contribution < 1.29 is 39.4 Å². The van der Waals surface area contributed by atoms with Crippen LogP contribution in [0.5, 0.6) is 23.0 Å². The van der Waals surface area contributed by atoms with Crippen LogP contribution in [0.1, 0.15) is 30.4 Å². The van der Waals surface area contributed by atoms with Crippen LogP contribution >= 0.6 is 0 Å². The third kappa shape index (κ3) is 3.37. The van der Waals surface area contributed by atoms with Crippen molar-refractivity contribution in [2.75, 3.05) is 6.61 Å². The molecule has 2 heterocycles. The number of hydrogen-bond acceptors (Lipinski definition) is 8. The average molecular weight is 400 g/mol. The van der Waals surface area contributed by atoms with Crippen molar-refractivity contribution in [3.8, 4) is 23.0 Å². The lowest BCUT2D eigenvalue weighted by molar-refractivity contribution is -0.181. The van der Waals surface area contributed by atoms with Crippen LogP contribution in [0.4, 0.5) is 0 Å². The molecule has 0 spiro atoms. The molecule has 2 aliphatic heterocycles. The van der Waals surface area contributed by atoms with Gasteiger partial charge >= 0.3 is 5.97 Å². The highest BCUT2D eigenvalue weighted by Gasteiger charge is 2.51. The maximum absolute atomic E-state index is 11.9. The standard InChI is InChI=1S/C21H20O8/c1-21(28-17-10-27-20(26)19(17)29-21)14(7-4-11-2-5-12(22)6-3-11)18-15(24)8-13(23)9-16(18)25/h2-3,5-6,8-9,14,22-25H,4,7,10H2,1H3. The molecule has 0 radical (unpaired) electrons. The van der Waals surface area contributed by atoms with Crippen molar-refractivity contribution in [2.24, 2.45) is 0 Å². The SMILES string of the molecule is CC1(C(CCc2ccc(O)cc2)c2c(O)cc(O)cc2O)OC2=C(O1)C(=O)OC2. The maximum atomic E-state index is 11.9. The van der Waals surface area contributed by atoms with Crippen molar-refractivity contribution in [3.05, 3.63) is 59.0 Å². The zero-order chi connectivity index (χ0) is 20.8. The molecule has 4 rings (SSSR count). The van der Waals surface area contributed by atoms with E-state index in [0.717, 1.165) is 17.7 Å². The number of benzene rings is 2. The van der Waals surface area contributed by atoms with Gasteiger partial charge in [0.05, 0.1) is 5.92 Å². The summed E-state index contributed by atoms with van der Waals surface area (Å²) in [4.78, 5) is 11.9. The Morgan fingerprint density at radius 1 is 1.00 bits per heavy atom. The monoisotopic (exact) mass is 400 g/mol. The molecule has 152 valence electrons. The van der Waals surface area contributed by atoms with Crippen LogP contribution in [0.3, 0.4) is 0 Å². The Balaban J connectivity index is 1.68. The van der Waals surface area contributed by atoms with Crippen LogP contribution in [-0.2, 0) is 25.4 Å². The van der Waals surface area contributed by atoms with E-state index >= 15 is 0 Å². The minimum Gasteiger partial charge on any atom is -0.508 e. The van der Waals surface area contributed by atoms with E-state index in [4.69, 9.17) is 14.2 Å². The van der Waals surface area contributed by atoms with E-state index in [9.17, 15) is 25.2 Å². The Hall–Kier alpha value is -3.55. The number of esters is 1. The van der Waals surface area contributed by atoms with Crippen molar-refractivity contribution in [3.63, 3.8) is 0 Å². The molecule has 0 saturated carbocycles. The highest BCUT2D eigenvalue weighted by Crippen LogP contribution is 2.50. The van der Waals surface area contributed by atoms with Crippen LogP contribution in [0.15, 0.2) is 47.9 Å². The van der Waals surface area contributed by atoms with Crippen molar-refractivity contribution in [1.82, 2.24) is 0 Å². The Morgan fingerprint density at radius 3 is 2.28 bits per heavy atom. The number of aromatic hydroxyl groups is 4. The molecule has 0 bridgehead atoms. The van der Waals surface area contributed by atoms with Crippen LogP contribution in [0.2, 0.25) is 0 Å². The number of carbonyl (C=O) groups is 1. The lowest BCUT2D eigenvalue weighted by atomic mass is 9.84. The summed E-state index contributed by atoms with van der Waals surface area (Å²) in [6, 6.07) is 8.90. The number of ether oxygens (including phenoxy) is 3. The van der Waals surface area contributed by atoms with E-state index in [-0.39, 0.29) is 46.7 Å². The van der Waals surface area contributed by atoms with E-state index in [0.29, 0.717) is 12.8 Å². The topological polar surface area (TPSA) is 126 Å². The minimum atomic E-state index is -1.38. The molecule has 29 heavy (non-hydrogen) atoms. The number of cyclic esters (lactones) is 1. The molecule has 0 aliphatic carbocycles. The normalized spacial score (nSPS) is 21.3. The van der Waals surface area contributed by atoms with Gasteiger partial charge in [-0.15, -0.1) is 0 Å². The number of hydrogen-bond donors (Lipinski definition) is 4. The zero-order valence-electron chi connectivity index (χ0n) is 15.6. The molecule has 2 aliphatic rings. The van der Waals surface area contributed by atoms with Gasteiger partial charge in [0.25, 0.3) is 11.5 Å². The first kappa shape index (κ1) is 18.8. The molecule has 2 aromatic carbocycles. The Kier molecular flexibility index (Phi) is 4.41. The highest BCUT2D eigenvalue weighted by atomic mass is 16.8. The van der Waals surface area contributed by atoms with E-state index in [2.05, 4.69) is 0 Å². The molecule has 2 atom stereocenters. The number of rotatable bonds is 5. The number of phenols is 4. The van der Waals surface area contributed by atoms with Gasteiger partial charge in [-0.1, -0.05) is 12.1 Å². The summed E-state index contributed by atoms with van der Waals surface area (Å²) in [5, 5.41) is 40.0. The number of phenolic OH excluding ortho intramolecular Hbond substituents is 4. The first-order valence-corrected chi connectivity index (χ1v) is 9.08. The van der Waals surface area contributed by atoms with Gasteiger partial charge in [-0.05, 0) is 30.5 Å². The van der Waals surface area contributed by atoms with E-state index in [1.807, 2.05) is 0 Å². The third-order valence-corrected chi connectivity index (χ3v) is 5.16. The molecule has 0 fully saturated rings. The summed E-state index contributed by atoms with van der Waals surface area (Å²) in [5.74, 6) is -3.23. The predicted molar refractivity (Wildman–Crippen MR) is 99.2 cm³/mol. The lowest BCUT2D eigenvalue weighted by Gasteiger charge is -2.34. The number of carbonyl (C=O) groups excluding carboxylic acids is 1. The van der Waals surface area contributed by atoms with Gasteiger partial charge in [0.15, 0.2) is 12.4 Å². The smallest absolute Gasteiger partial charge is 0.377 e. The highest BCUT2D eigenvalue weighted by molar-refractivity contribution is 5.89. The second-order valence-electron chi connectivity index (χ2n) is 7.20. The van der Waals surface area contributed by atoms with E-state index in [1.54, 1.807) is 31.2 Å². The molecule has 0 saturated heterocycles. The lowest BCUT2D eigenvalue weighted by Crippen LogP contribution is -2.37. The van der Waals surface area contributed by atoms with Crippen LogP contribution in [0.25, 0.3) is 0 Å². The van der Waals surface area contributed by atoms with Crippen molar-refractivity contribution in [2.45, 2.75) is 31.5 Å². The summed E-state index contributed by atoms with van der Waals surface area (Å²) in [7, 11) is 0. The van der Waals surface area contributed by atoms with Crippen molar-refractivity contribution in [1.29, 1.82) is 0 Å². The fraction of sp³-hybridized carbons (Fsp3) is 0.286. The first-order chi connectivity index (χ1) is 13.8. The first-order valence-electron chi connectivity index (χ1n) is 9.08. The maximum Gasteiger partial charge on any atom is 0.377 e. The average Bonchev–Trinajstić information content (AvgIpc) is 3.16. The summed E-state index contributed by atoms with van der Waals surface area (Å²) in [5.41, 5.74) is 1.05. The zero-order valence-corrected chi connectivity index (χ0v) is 15.6. The summed E-state index contributed by atoms with van der Waals surface area (Å²) in [6.45, 7) is 1.58. The summed E-state index contributed by atoms with van der Waals surface area (Å²) < 4.78 is 16.6. The van der Waals surface area contributed by atoms with Crippen LogP contribution < -0.4 is 0 Å². The molecule has 2 aromatic rings. The van der Waals surface area contributed by atoms with Gasteiger partial charge in [0.1, 0.15) is 23.0 Å². The predicted octanol–water partition coefficient (Wildman–Crippen LogP) is 2.76. The molecule has 8 nitrogen and oxygen atoms in total. The van der Waals surface area contributed by atoms with Crippen LogP contribution in [0, 0.1) is 0 Å². The van der Waals surface area contributed by atoms with Crippen LogP contribution in [-0.4, -0.2) is 38.8 Å². The van der Waals surface area contributed by atoms with Gasteiger partial charge in [0.2, 0.25) is 0 Å². The Labute approximate surface area is 166 Å². The fourth-order valence-electron chi connectivity index (χ4n) is 3.77. The third-order valence-electron chi connectivity index (χ3n) is 5.16. The molecule has 4 N–H and O–H groups in total. The van der Waals surface area contributed by atoms with Gasteiger partial charge in [-0.25, -0.2) is 4.79 Å². The van der Waals surface area contributed by atoms with E-state index < -0.39 is 17.7 Å². The largest absolute Gasteiger partial charge is 0.508 e. The van der Waals surface area contributed by atoms with Gasteiger partial charge in [0, 0.05) is 24.6 Å². The van der Waals surface area contributed by atoms with Crippen molar-refractivity contribution >= 4 is 5.97 Å². The molecule has 2 unspecified atom stereocenters. The van der Waals surface area contributed by atoms with Gasteiger partial charge in [-0.3, -0.25) is 0 Å². The molecular weight excluding hydrogens is 380 g/mol. The Morgan fingerprint density at radius 2 is 1.66 bits per heavy atom. The second-order valence-corrected chi connectivity index (χ2v) is 7.20. The summed E-state index contributed by atoms with van der Waals surface area (Å²) >= 11 is 0. The molecular formula is C21H20O8. The molecule has 0 aromatic heterocycles. The quantitative estimate of drug-likeness (QED) is 0.565. The minimum absolute atomic E-state index is 0.0140. The molecule has 8 heteroatoms. The number of aryl methyl sites for hydroxylation is 1. The Bertz CT molecular complexity index is 971. The van der Waals surface area contributed by atoms with Gasteiger partial charge < -0.3 is 34.6 Å². The second kappa shape index (κ2) is 6.80. The summed E-state index contributed by atoms with van der Waals surface area (Å²) in [6.07, 6.45) is 0.866. The fourth-order valence-corrected chi connectivity index (χ4v) is 3.77.